The Kier molecular flexibility index (Phi) is 5.00. The summed E-state index contributed by atoms with van der Waals surface area (Å²) in [5.74, 6) is 0.898. The highest BCUT2D eigenvalue weighted by Gasteiger charge is 2.15. The van der Waals surface area contributed by atoms with Crippen LogP contribution in [0.2, 0.25) is 0 Å². The molecule has 1 aliphatic heterocycles. The summed E-state index contributed by atoms with van der Waals surface area (Å²) in [7, 11) is -0.765. The van der Waals surface area contributed by atoms with Crippen LogP contribution >= 0.6 is 0 Å². The van der Waals surface area contributed by atoms with Crippen LogP contribution in [0.3, 0.4) is 0 Å². The molecule has 0 aromatic heterocycles. The predicted molar refractivity (Wildman–Crippen MR) is 58.4 cm³/mol. The molecule has 0 unspecified atom stereocenters. The van der Waals surface area contributed by atoms with E-state index in [1.54, 1.807) is 7.11 Å². The lowest BCUT2D eigenvalue weighted by Crippen LogP contribution is -2.37. The van der Waals surface area contributed by atoms with Gasteiger partial charge in [-0.3, -0.25) is 0 Å². The minimum atomic E-state index is -2.32. The number of hydrogen-bond acceptors (Lipinski definition) is 4. The molecule has 0 saturated carbocycles. The monoisotopic (exact) mass is 235 g/mol. The molecule has 0 aliphatic carbocycles. The first-order valence-electron chi connectivity index (χ1n) is 4.86. The Labute approximate surface area is 89.9 Å². The van der Waals surface area contributed by atoms with Crippen LogP contribution < -0.4 is 10.6 Å². The Bertz CT molecular complexity index is 311. The van der Waals surface area contributed by atoms with E-state index < -0.39 is 15.8 Å². The predicted octanol–water partition coefficient (Wildman–Crippen LogP) is -0.586. The molecular weight excluding hydrogens is 218 g/mol. The summed E-state index contributed by atoms with van der Waals surface area (Å²) in [4.78, 5) is 11.3. The zero-order chi connectivity index (χ0) is 11.1. The molecule has 0 aromatic rings. The van der Waals surface area contributed by atoms with Crippen molar-refractivity contribution in [2.75, 3.05) is 44.9 Å². The number of carbonyl (C=O) groups is 1. The topological polar surface area (TPSA) is 79.8 Å². The maximum absolute atomic E-state index is 11.9. The molecule has 1 heterocycles. The van der Waals surface area contributed by atoms with Gasteiger partial charge >= 0.3 is 6.03 Å². The maximum Gasteiger partial charge on any atom is 0.349 e. The van der Waals surface area contributed by atoms with Crippen LogP contribution in [0.25, 0.3) is 0 Å². The van der Waals surface area contributed by atoms with Gasteiger partial charge in [0.25, 0.3) is 0 Å². The number of nitrogens with one attached hydrogen (secondary N) is 2. The average Bonchev–Trinajstić information content (AvgIpc) is 2.18. The van der Waals surface area contributed by atoms with Crippen LogP contribution in [0.15, 0.2) is 4.36 Å². The van der Waals surface area contributed by atoms with Gasteiger partial charge in [0.2, 0.25) is 0 Å². The third kappa shape index (κ3) is 4.59. The van der Waals surface area contributed by atoms with E-state index in [-0.39, 0.29) is 0 Å². The third-order valence-electron chi connectivity index (χ3n) is 2.03. The van der Waals surface area contributed by atoms with Crippen LogP contribution in [0, 0.1) is 0 Å². The van der Waals surface area contributed by atoms with E-state index in [2.05, 4.69) is 15.0 Å². The van der Waals surface area contributed by atoms with E-state index in [9.17, 15) is 9.00 Å². The lowest BCUT2D eigenvalue weighted by atomic mass is 10.6. The number of nitrogens with zero attached hydrogens (tertiary/aromatic N) is 1. The van der Waals surface area contributed by atoms with E-state index in [1.165, 1.54) is 0 Å². The Morgan fingerprint density at radius 3 is 2.80 bits per heavy atom. The van der Waals surface area contributed by atoms with Crippen molar-refractivity contribution in [3.63, 3.8) is 0 Å². The third-order valence-corrected chi connectivity index (χ3v) is 4.21. The fourth-order valence-electron chi connectivity index (χ4n) is 1.23. The lowest BCUT2D eigenvalue weighted by Gasteiger charge is -2.16. The molecule has 1 fully saturated rings. The van der Waals surface area contributed by atoms with E-state index >= 15 is 0 Å². The minimum Gasteiger partial charge on any atom is -0.383 e. The van der Waals surface area contributed by atoms with Crippen LogP contribution in [-0.4, -0.2) is 55.1 Å². The molecule has 6 nitrogen and oxygen atoms in total. The molecule has 0 radical (unpaired) electrons. The van der Waals surface area contributed by atoms with Gasteiger partial charge in [-0.05, 0) is 0 Å². The summed E-state index contributed by atoms with van der Waals surface area (Å²) in [6.07, 6.45) is 0. The first-order valence-corrected chi connectivity index (χ1v) is 6.72. The first-order chi connectivity index (χ1) is 7.16. The quantitative estimate of drug-likeness (QED) is 0.641. The van der Waals surface area contributed by atoms with Gasteiger partial charge in [-0.2, -0.15) is 0 Å². The van der Waals surface area contributed by atoms with E-state index in [0.717, 1.165) is 0 Å². The van der Waals surface area contributed by atoms with Gasteiger partial charge in [0.15, 0.2) is 0 Å². The number of carbonyl (C=O) groups excluding carboxylic acids is 1. The standard InChI is InChI=1S/C8H17N3O3S/c1-14-5-2-10-8(12)11-15(13)6-3-9-4-7-15/h9H,2-7H2,1H3,(H,10,12). The number of rotatable bonds is 3. The number of amides is 2. The Hall–Kier alpha value is -0.660. The summed E-state index contributed by atoms with van der Waals surface area (Å²) in [5.41, 5.74) is 0. The van der Waals surface area contributed by atoms with Crippen LogP contribution in [0.5, 0.6) is 0 Å². The molecule has 0 atom stereocenters. The fourth-order valence-corrected chi connectivity index (χ4v) is 2.91. The van der Waals surface area contributed by atoms with Crippen molar-refractivity contribution in [1.29, 1.82) is 0 Å². The summed E-state index contributed by atoms with van der Waals surface area (Å²) in [6, 6.07) is -0.501. The zero-order valence-electron chi connectivity index (χ0n) is 8.82. The molecule has 1 saturated heterocycles. The average molecular weight is 235 g/mol. The van der Waals surface area contributed by atoms with Crippen molar-refractivity contribution in [3.05, 3.63) is 0 Å². The molecule has 7 heteroatoms. The SMILES string of the molecule is COCCNC(=O)N=S1(=O)CCNCC1. The van der Waals surface area contributed by atoms with Gasteiger partial charge in [0.05, 0.1) is 16.3 Å². The molecular formula is C8H17N3O3S. The van der Waals surface area contributed by atoms with Crippen molar-refractivity contribution in [3.8, 4) is 0 Å². The van der Waals surface area contributed by atoms with Crippen molar-refractivity contribution in [1.82, 2.24) is 10.6 Å². The summed E-state index contributed by atoms with van der Waals surface area (Å²) >= 11 is 0. The lowest BCUT2D eigenvalue weighted by molar-refractivity contribution is 0.197. The second-order valence-corrected chi connectivity index (χ2v) is 5.79. The molecule has 0 spiro atoms. The van der Waals surface area contributed by atoms with Gasteiger partial charge < -0.3 is 15.4 Å². The summed E-state index contributed by atoms with van der Waals surface area (Å²) < 4.78 is 20.4. The van der Waals surface area contributed by atoms with Crippen LogP contribution in [0.1, 0.15) is 0 Å². The molecule has 1 rings (SSSR count). The second-order valence-electron chi connectivity index (χ2n) is 3.25. The Morgan fingerprint density at radius 2 is 2.20 bits per heavy atom. The smallest absolute Gasteiger partial charge is 0.349 e. The number of ether oxygens (including phenoxy) is 1. The molecule has 2 N–H and O–H groups in total. The highest BCUT2D eigenvalue weighted by molar-refractivity contribution is 7.94. The maximum atomic E-state index is 11.9. The number of hydrogen-bond donors (Lipinski definition) is 2. The van der Waals surface area contributed by atoms with Crippen molar-refractivity contribution >= 4 is 15.8 Å². The van der Waals surface area contributed by atoms with Crippen LogP contribution in [-0.2, 0) is 14.5 Å². The summed E-state index contributed by atoms with van der Waals surface area (Å²) in [6.45, 7) is 2.15. The minimum absolute atomic E-state index is 0.395. The second kappa shape index (κ2) is 6.04. The highest BCUT2D eigenvalue weighted by atomic mass is 32.2. The molecule has 88 valence electrons. The fraction of sp³-hybridized carbons (Fsp3) is 0.875. The Balaban J connectivity index is 2.46. The normalized spacial score (nSPS) is 19.5. The van der Waals surface area contributed by atoms with Gasteiger partial charge in [0, 0.05) is 38.2 Å². The van der Waals surface area contributed by atoms with E-state index in [0.29, 0.717) is 37.7 Å². The van der Waals surface area contributed by atoms with Crippen LogP contribution in [0.4, 0.5) is 4.79 Å². The van der Waals surface area contributed by atoms with Crippen molar-refractivity contribution < 1.29 is 13.7 Å². The molecule has 15 heavy (non-hydrogen) atoms. The van der Waals surface area contributed by atoms with Gasteiger partial charge in [-0.15, -0.1) is 4.36 Å². The number of methoxy groups -OCH3 is 1. The Morgan fingerprint density at radius 1 is 1.53 bits per heavy atom. The van der Waals surface area contributed by atoms with Gasteiger partial charge in [-0.25, -0.2) is 9.00 Å². The largest absolute Gasteiger partial charge is 0.383 e. The molecule has 0 bridgehead atoms. The zero-order valence-corrected chi connectivity index (χ0v) is 9.64. The molecule has 0 aromatic carbocycles. The van der Waals surface area contributed by atoms with Crippen molar-refractivity contribution in [2.24, 2.45) is 4.36 Å². The summed E-state index contributed by atoms with van der Waals surface area (Å²) in [5, 5.41) is 5.60. The van der Waals surface area contributed by atoms with Gasteiger partial charge in [-0.1, -0.05) is 0 Å². The number of urea groups is 1. The first kappa shape index (κ1) is 12.4. The van der Waals surface area contributed by atoms with Gasteiger partial charge in [0.1, 0.15) is 0 Å². The van der Waals surface area contributed by atoms with E-state index in [1.807, 2.05) is 0 Å². The van der Waals surface area contributed by atoms with Crippen molar-refractivity contribution in [2.45, 2.75) is 0 Å². The molecule has 2 amide bonds. The molecule has 1 aliphatic rings. The van der Waals surface area contributed by atoms with E-state index in [4.69, 9.17) is 4.74 Å². The highest BCUT2D eigenvalue weighted by Crippen LogP contribution is 2.00.